The van der Waals surface area contributed by atoms with Crippen LogP contribution in [0.4, 0.5) is 0 Å². The molecule has 2 aliphatic heterocycles. The highest BCUT2D eigenvalue weighted by Gasteiger charge is 2.28. The molecule has 4 rings (SSSR count). The molecule has 2 aromatic heterocycles. The molecule has 2 saturated heterocycles. The van der Waals surface area contributed by atoms with E-state index in [4.69, 9.17) is 19.0 Å². The van der Waals surface area contributed by atoms with Crippen LogP contribution in [0.25, 0.3) is 11.3 Å². The lowest BCUT2D eigenvalue weighted by molar-refractivity contribution is -0.141. The molecule has 1 atom stereocenters. The van der Waals surface area contributed by atoms with Gasteiger partial charge in [-0.25, -0.2) is 4.98 Å². The highest BCUT2D eigenvalue weighted by atomic mass is 16.5. The Hall–Kier alpha value is -2.29. The molecule has 0 aliphatic carbocycles. The lowest BCUT2D eigenvalue weighted by Crippen LogP contribution is -2.48. The molecule has 2 aliphatic rings. The van der Waals surface area contributed by atoms with Gasteiger partial charge >= 0.3 is 0 Å². The highest BCUT2D eigenvalue weighted by molar-refractivity contribution is 5.78. The second-order valence-electron chi connectivity index (χ2n) is 7.46. The fourth-order valence-corrected chi connectivity index (χ4v) is 3.86. The Bertz CT molecular complexity index is 847. The SMILES string of the molecule is CCc1onc(C)c1-c1cccc([C@@H]2CN(C(=O)CN3CCOCC3)CCO2)n1. The average molecular weight is 400 g/mol. The summed E-state index contributed by atoms with van der Waals surface area (Å²) in [5, 5.41) is 4.08. The Labute approximate surface area is 170 Å². The van der Waals surface area contributed by atoms with Crippen molar-refractivity contribution < 1.29 is 18.8 Å². The number of pyridine rings is 1. The zero-order chi connectivity index (χ0) is 20.2. The number of hydrogen-bond donors (Lipinski definition) is 0. The topological polar surface area (TPSA) is 80.9 Å². The molecular weight excluding hydrogens is 372 g/mol. The quantitative estimate of drug-likeness (QED) is 0.757. The van der Waals surface area contributed by atoms with E-state index >= 15 is 0 Å². The van der Waals surface area contributed by atoms with Crippen molar-refractivity contribution in [3.05, 3.63) is 35.3 Å². The summed E-state index contributed by atoms with van der Waals surface area (Å²) in [4.78, 5) is 21.6. The minimum absolute atomic E-state index is 0.138. The molecule has 0 unspecified atom stereocenters. The molecule has 2 aromatic rings. The molecule has 0 aromatic carbocycles. The maximum absolute atomic E-state index is 12.8. The summed E-state index contributed by atoms with van der Waals surface area (Å²) < 4.78 is 16.7. The summed E-state index contributed by atoms with van der Waals surface area (Å²) in [5.74, 6) is 0.971. The minimum Gasteiger partial charge on any atom is -0.379 e. The monoisotopic (exact) mass is 400 g/mol. The molecule has 8 nitrogen and oxygen atoms in total. The molecule has 0 spiro atoms. The number of ether oxygens (including phenoxy) is 2. The van der Waals surface area contributed by atoms with Crippen LogP contribution >= 0.6 is 0 Å². The van der Waals surface area contributed by atoms with Gasteiger partial charge in [0.1, 0.15) is 11.9 Å². The van der Waals surface area contributed by atoms with Gasteiger partial charge in [0.05, 0.1) is 55.6 Å². The number of aryl methyl sites for hydroxylation is 2. The molecule has 8 heteroatoms. The van der Waals surface area contributed by atoms with Gasteiger partial charge in [-0.3, -0.25) is 9.69 Å². The van der Waals surface area contributed by atoms with Gasteiger partial charge in [-0.15, -0.1) is 0 Å². The van der Waals surface area contributed by atoms with Gasteiger partial charge in [-0.1, -0.05) is 18.1 Å². The minimum atomic E-state index is -0.234. The third-order valence-electron chi connectivity index (χ3n) is 5.49. The number of carbonyl (C=O) groups is 1. The van der Waals surface area contributed by atoms with E-state index in [1.807, 2.05) is 36.9 Å². The lowest BCUT2D eigenvalue weighted by Gasteiger charge is -2.35. The third-order valence-corrected chi connectivity index (χ3v) is 5.49. The van der Waals surface area contributed by atoms with Crippen molar-refractivity contribution in [1.29, 1.82) is 0 Å². The molecule has 0 saturated carbocycles. The first-order valence-electron chi connectivity index (χ1n) is 10.3. The van der Waals surface area contributed by atoms with E-state index in [0.29, 0.717) is 39.5 Å². The van der Waals surface area contributed by atoms with Gasteiger partial charge in [0, 0.05) is 26.1 Å². The second-order valence-corrected chi connectivity index (χ2v) is 7.46. The second kappa shape index (κ2) is 9.02. The Kier molecular flexibility index (Phi) is 6.22. The van der Waals surface area contributed by atoms with Crippen molar-refractivity contribution in [3.63, 3.8) is 0 Å². The van der Waals surface area contributed by atoms with Gasteiger partial charge in [-0.05, 0) is 19.1 Å². The van der Waals surface area contributed by atoms with Gasteiger partial charge in [-0.2, -0.15) is 0 Å². The van der Waals surface area contributed by atoms with Crippen molar-refractivity contribution >= 4 is 5.91 Å². The van der Waals surface area contributed by atoms with E-state index in [1.165, 1.54) is 0 Å². The van der Waals surface area contributed by atoms with E-state index in [-0.39, 0.29) is 12.0 Å². The van der Waals surface area contributed by atoms with Crippen molar-refractivity contribution in [2.45, 2.75) is 26.4 Å². The van der Waals surface area contributed by atoms with Crippen LogP contribution in [0.15, 0.2) is 22.7 Å². The van der Waals surface area contributed by atoms with Crippen LogP contribution in [0.5, 0.6) is 0 Å². The Morgan fingerprint density at radius 1 is 1.21 bits per heavy atom. The number of carbonyl (C=O) groups excluding carboxylic acids is 1. The smallest absolute Gasteiger partial charge is 0.236 e. The van der Waals surface area contributed by atoms with Crippen LogP contribution in [0.2, 0.25) is 0 Å². The van der Waals surface area contributed by atoms with E-state index in [1.54, 1.807) is 0 Å². The van der Waals surface area contributed by atoms with Crippen molar-refractivity contribution in [2.75, 3.05) is 52.5 Å². The van der Waals surface area contributed by atoms with Crippen LogP contribution in [-0.4, -0.2) is 78.4 Å². The predicted molar refractivity (Wildman–Crippen MR) is 106 cm³/mol. The van der Waals surface area contributed by atoms with Crippen LogP contribution in [0, 0.1) is 6.92 Å². The molecule has 156 valence electrons. The Morgan fingerprint density at radius 2 is 2.03 bits per heavy atom. The highest BCUT2D eigenvalue weighted by Crippen LogP contribution is 2.29. The van der Waals surface area contributed by atoms with E-state index in [9.17, 15) is 4.79 Å². The van der Waals surface area contributed by atoms with Crippen LogP contribution in [0.3, 0.4) is 0 Å². The van der Waals surface area contributed by atoms with Crippen LogP contribution in [-0.2, 0) is 20.7 Å². The standard InChI is InChI=1S/C21H28N4O4/c1-3-18-21(15(2)23-29-18)17-6-4-5-16(22-17)19-13-25(9-12-28-19)20(26)14-24-7-10-27-11-8-24/h4-6,19H,3,7-14H2,1-2H3/t19-/m0/s1. The summed E-state index contributed by atoms with van der Waals surface area (Å²) in [6, 6.07) is 5.90. The number of hydrogen-bond acceptors (Lipinski definition) is 7. The molecular formula is C21H28N4O4. The fourth-order valence-electron chi connectivity index (χ4n) is 3.86. The summed E-state index contributed by atoms with van der Waals surface area (Å²) in [7, 11) is 0. The first-order chi connectivity index (χ1) is 14.2. The average Bonchev–Trinajstić information content (AvgIpc) is 3.15. The Balaban J connectivity index is 1.47. The zero-order valence-electron chi connectivity index (χ0n) is 17.1. The van der Waals surface area contributed by atoms with Gasteiger partial charge in [0.15, 0.2) is 0 Å². The predicted octanol–water partition coefficient (Wildman–Crippen LogP) is 1.84. The first-order valence-corrected chi connectivity index (χ1v) is 10.3. The summed E-state index contributed by atoms with van der Waals surface area (Å²) in [5.41, 5.74) is 3.44. The van der Waals surface area contributed by atoms with Gasteiger partial charge in [0.2, 0.25) is 5.91 Å². The van der Waals surface area contributed by atoms with Gasteiger partial charge in [0.25, 0.3) is 0 Å². The molecule has 0 radical (unpaired) electrons. The van der Waals surface area contributed by atoms with Crippen LogP contribution in [0.1, 0.15) is 30.2 Å². The maximum Gasteiger partial charge on any atom is 0.236 e. The number of rotatable bonds is 5. The van der Waals surface area contributed by atoms with E-state index < -0.39 is 0 Å². The molecule has 0 bridgehead atoms. The normalized spacial score (nSPS) is 20.8. The van der Waals surface area contributed by atoms with Crippen molar-refractivity contribution in [1.82, 2.24) is 19.9 Å². The number of morpholine rings is 2. The van der Waals surface area contributed by atoms with Crippen molar-refractivity contribution in [3.8, 4) is 11.3 Å². The first kappa shape index (κ1) is 20.0. The molecule has 0 N–H and O–H groups in total. The molecule has 4 heterocycles. The number of aromatic nitrogens is 2. The maximum atomic E-state index is 12.8. The number of nitrogens with zero attached hydrogens (tertiary/aromatic N) is 4. The molecule has 2 fully saturated rings. The van der Waals surface area contributed by atoms with E-state index in [0.717, 1.165) is 47.9 Å². The molecule has 29 heavy (non-hydrogen) atoms. The largest absolute Gasteiger partial charge is 0.379 e. The fraction of sp³-hybridized carbons (Fsp3) is 0.571. The summed E-state index contributed by atoms with van der Waals surface area (Å²) >= 11 is 0. The lowest BCUT2D eigenvalue weighted by atomic mass is 10.1. The van der Waals surface area contributed by atoms with Gasteiger partial charge < -0.3 is 18.9 Å². The molecule has 1 amide bonds. The zero-order valence-corrected chi connectivity index (χ0v) is 17.1. The third kappa shape index (κ3) is 4.49. The Morgan fingerprint density at radius 3 is 2.83 bits per heavy atom. The van der Waals surface area contributed by atoms with E-state index in [2.05, 4.69) is 10.1 Å². The van der Waals surface area contributed by atoms with Crippen LogP contribution < -0.4 is 0 Å². The number of amides is 1. The summed E-state index contributed by atoms with van der Waals surface area (Å²) in [6.45, 7) is 9.04. The van der Waals surface area contributed by atoms with Crippen molar-refractivity contribution in [2.24, 2.45) is 0 Å². The summed E-state index contributed by atoms with van der Waals surface area (Å²) in [6.07, 6.45) is 0.522.